The van der Waals surface area contributed by atoms with Crippen molar-refractivity contribution in [2.45, 2.75) is 13.8 Å². The van der Waals surface area contributed by atoms with Crippen molar-refractivity contribution in [3.05, 3.63) is 59.8 Å². The monoisotopic (exact) mass is 303 g/mol. The second-order valence-corrected chi connectivity index (χ2v) is 5.89. The predicted octanol–water partition coefficient (Wildman–Crippen LogP) is 4.51. The molecule has 2 aromatic heterocycles. The summed E-state index contributed by atoms with van der Waals surface area (Å²) in [5.41, 5.74) is 5.56. The van der Waals surface area contributed by atoms with E-state index in [1.165, 1.54) is 11.1 Å². The Kier molecular flexibility index (Phi) is 3.05. The largest absolute Gasteiger partial charge is 0.350 e. The van der Waals surface area contributed by atoms with Gasteiger partial charge in [0, 0.05) is 29.7 Å². The molecule has 4 heteroatoms. The highest BCUT2D eigenvalue weighted by atomic mass is 16.5. The van der Waals surface area contributed by atoms with Gasteiger partial charge in [0.15, 0.2) is 0 Å². The minimum atomic E-state index is 0.551. The molecule has 0 aliphatic carbocycles. The summed E-state index contributed by atoms with van der Waals surface area (Å²) in [5, 5.41) is 5.27. The number of benzene rings is 2. The molecule has 0 bridgehead atoms. The molecule has 0 spiro atoms. The van der Waals surface area contributed by atoms with Crippen molar-refractivity contribution in [3.63, 3.8) is 0 Å². The van der Waals surface area contributed by atoms with E-state index < -0.39 is 0 Å². The summed E-state index contributed by atoms with van der Waals surface area (Å²) >= 11 is 0. The van der Waals surface area contributed by atoms with Crippen molar-refractivity contribution < 1.29 is 4.52 Å². The molecule has 4 aromatic rings. The molecule has 23 heavy (non-hydrogen) atoms. The van der Waals surface area contributed by atoms with Gasteiger partial charge in [0.05, 0.1) is 5.56 Å². The number of rotatable bonds is 2. The van der Waals surface area contributed by atoms with E-state index in [0.29, 0.717) is 11.7 Å². The molecule has 0 N–H and O–H groups in total. The molecular formula is C19H17N3O. The van der Waals surface area contributed by atoms with Crippen LogP contribution in [0.25, 0.3) is 33.7 Å². The van der Waals surface area contributed by atoms with Crippen molar-refractivity contribution >= 4 is 10.9 Å². The maximum Gasteiger partial charge on any atom is 0.260 e. The fourth-order valence-electron chi connectivity index (χ4n) is 2.84. The van der Waals surface area contributed by atoms with Crippen molar-refractivity contribution in [1.29, 1.82) is 0 Å². The highest BCUT2D eigenvalue weighted by Crippen LogP contribution is 2.30. The van der Waals surface area contributed by atoms with Gasteiger partial charge in [0.1, 0.15) is 0 Å². The fraction of sp³-hybridized carbons (Fsp3) is 0.158. The molecule has 0 aliphatic rings. The van der Waals surface area contributed by atoms with Gasteiger partial charge in [0.25, 0.3) is 5.89 Å². The lowest BCUT2D eigenvalue weighted by Gasteiger charge is -2.00. The van der Waals surface area contributed by atoms with E-state index in [4.69, 9.17) is 4.52 Å². The smallest absolute Gasteiger partial charge is 0.260 e. The van der Waals surface area contributed by atoms with Gasteiger partial charge >= 0.3 is 0 Å². The molecular weight excluding hydrogens is 286 g/mol. The van der Waals surface area contributed by atoms with E-state index in [1.807, 2.05) is 31.4 Å². The van der Waals surface area contributed by atoms with Gasteiger partial charge in [-0.05, 0) is 37.1 Å². The number of para-hydroxylation sites is 1. The zero-order valence-corrected chi connectivity index (χ0v) is 13.4. The molecule has 0 unspecified atom stereocenters. The first-order valence-corrected chi connectivity index (χ1v) is 7.59. The van der Waals surface area contributed by atoms with Crippen LogP contribution in [0, 0.1) is 13.8 Å². The van der Waals surface area contributed by atoms with Crippen LogP contribution in [0.1, 0.15) is 11.1 Å². The zero-order chi connectivity index (χ0) is 16.0. The number of hydrogen-bond acceptors (Lipinski definition) is 3. The molecule has 0 atom stereocenters. The second kappa shape index (κ2) is 5.09. The Balaban J connectivity index is 1.82. The number of aryl methyl sites for hydroxylation is 3. The van der Waals surface area contributed by atoms with E-state index in [2.05, 4.69) is 52.8 Å². The Morgan fingerprint density at radius 1 is 1.00 bits per heavy atom. The summed E-state index contributed by atoms with van der Waals surface area (Å²) in [7, 11) is 2.02. The predicted molar refractivity (Wildman–Crippen MR) is 91.1 cm³/mol. The summed E-state index contributed by atoms with van der Waals surface area (Å²) in [5.74, 6) is 1.17. The van der Waals surface area contributed by atoms with Crippen molar-refractivity contribution in [3.8, 4) is 22.8 Å². The van der Waals surface area contributed by atoms with Crippen molar-refractivity contribution in [2.24, 2.45) is 7.05 Å². The van der Waals surface area contributed by atoms with Crippen molar-refractivity contribution in [2.75, 3.05) is 0 Å². The fourth-order valence-corrected chi connectivity index (χ4v) is 2.84. The van der Waals surface area contributed by atoms with Gasteiger partial charge < -0.3 is 9.09 Å². The third kappa shape index (κ3) is 2.23. The molecule has 114 valence electrons. The summed E-state index contributed by atoms with van der Waals surface area (Å²) < 4.78 is 7.60. The van der Waals surface area contributed by atoms with Crippen LogP contribution in [0.5, 0.6) is 0 Å². The molecule has 2 aromatic carbocycles. The second-order valence-electron chi connectivity index (χ2n) is 5.89. The van der Waals surface area contributed by atoms with Crippen molar-refractivity contribution in [1.82, 2.24) is 14.7 Å². The van der Waals surface area contributed by atoms with E-state index in [0.717, 1.165) is 22.0 Å². The average Bonchev–Trinajstić information content (AvgIpc) is 3.16. The standard InChI is InChI=1S/C19H17N3O/c1-12-8-9-14(10-13(12)2)18-20-19(23-21-18)16-11-22(3)17-7-5-4-6-15(16)17/h4-11H,1-3H3. The lowest BCUT2D eigenvalue weighted by atomic mass is 10.1. The maximum absolute atomic E-state index is 5.52. The number of fused-ring (bicyclic) bond motifs is 1. The molecule has 0 amide bonds. The Morgan fingerprint density at radius 2 is 1.83 bits per heavy atom. The Hall–Kier alpha value is -2.88. The lowest BCUT2D eigenvalue weighted by Crippen LogP contribution is -1.85. The third-order valence-electron chi connectivity index (χ3n) is 4.32. The zero-order valence-electron chi connectivity index (χ0n) is 13.4. The van der Waals surface area contributed by atoms with Gasteiger partial charge in [0.2, 0.25) is 5.82 Å². The van der Waals surface area contributed by atoms with Crippen LogP contribution < -0.4 is 0 Å². The first kappa shape index (κ1) is 13.8. The third-order valence-corrected chi connectivity index (χ3v) is 4.32. The van der Waals surface area contributed by atoms with Crippen LogP contribution in [-0.2, 0) is 7.05 Å². The number of aromatic nitrogens is 3. The Bertz CT molecular complexity index is 1010. The molecule has 0 fully saturated rings. The maximum atomic E-state index is 5.52. The molecule has 4 nitrogen and oxygen atoms in total. The van der Waals surface area contributed by atoms with Gasteiger partial charge in [-0.1, -0.05) is 35.5 Å². The van der Waals surface area contributed by atoms with E-state index in [-0.39, 0.29) is 0 Å². The highest BCUT2D eigenvalue weighted by Gasteiger charge is 2.15. The van der Waals surface area contributed by atoms with Crippen LogP contribution in [0.4, 0.5) is 0 Å². The molecule has 0 saturated carbocycles. The van der Waals surface area contributed by atoms with Gasteiger partial charge in [-0.15, -0.1) is 0 Å². The van der Waals surface area contributed by atoms with E-state index in [9.17, 15) is 0 Å². The summed E-state index contributed by atoms with van der Waals surface area (Å²) in [6.07, 6.45) is 2.03. The van der Waals surface area contributed by atoms with Gasteiger partial charge in [-0.2, -0.15) is 4.98 Å². The number of nitrogens with zero attached hydrogens (tertiary/aromatic N) is 3. The van der Waals surface area contributed by atoms with Gasteiger partial charge in [-0.25, -0.2) is 0 Å². The molecule has 0 aliphatic heterocycles. The summed E-state index contributed by atoms with van der Waals surface area (Å²) in [6, 6.07) is 14.4. The minimum absolute atomic E-state index is 0.551. The Labute approximate surface area is 134 Å². The molecule has 2 heterocycles. The lowest BCUT2D eigenvalue weighted by molar-refractivity contribution is 0.432. The SMILES string of the molecule is Cc1ccc(-c2noc(-c3cn(C)c4ccccc34)n2)cc1C. The van der Waals surface area contributed by atoms with E-state index in [1.54, 1.807) is 0 Å². The number of hydrogen-bond donors (Lipinski definition) is 0. The van der Waals surface area contributed by atoms with Crippen LogP contribution in [0.2, 0.25) is 0 Å². The first-order chi connectivity index (χ1) is 11.1. The topological polar surface area (TPSA) is 43.9 Å². The van der Waals surface area contributed by atoms with Crippen LogP contribution in [0.3, 0.4) is 0 Å². The minimum Gasteiger partial charge on any atom is -0.350 e. The van der Waals surface area contributed by atoms with Crippen LogP contribution in [-0.4, -0.2) is 14.7 Å². The molecule has 0 saturated heterocycles. The van der Waals surface area contributed by atoms with Gasteiger partial charge in [-0.3, -0.25) is 0 Å². The summed E-state index contributed by atoms with van der Waals surface area (Å²) in [6.45, 7) is 4.18. The van der Waals surface area contributed by atoms with Crippen LogP contribution in [0.15, 0.2) is 53.2 Å². The highest BCUT2D eigenvalue weighted by molar-refractivity contribution is 5.94. The molecule has 4 rings (SSSR count). The van der Waals surface area contributed by atoms with Crippen LogP contribution >= 0.6 is 0 Å². The quantitative estimate of drug-likeness (QED) is 0.547. The average molecular weight is 303 g/mol. The van der Waals surface area contributed by atoms with E-state index >= 15 is 0 Å². The molecule has 0 radical (unpaired) electrons. The summed E-state index contributed by atoms with van der Waals surface area (Å²) in [4.78, 5) is 4.59. The first-order valence-electron chi connectivity index (χ1n) is 7.59. The Morgan fingerprint density at radius 3 is 2.65 bits per heavy atom. The normalized spacial score (nSPS) is 11.3.